The van der Waals surface area contributed by atoms with Gasteiger partial charge in [0.1, 0.15) is 5.82 Å². The molecule has 0 heterocycles. The zero-order valence-corrected chi connectivity index (χ0v) is 9.22. The van der Waals surface area contributed by atoms with Crippen LogP contribution in [-0.2, 0) is 10.9 Å². The number of halogens is 4. The van der Waals surface area contributed by atoms with E-state index in [0.717, 1.165) is 12.1 Å². The van der Waals surface area contributed by atoms with Crippen molar-refractivity contribution in [3.05, 3.63) is 35.1 Å². The van der Waals surface area contributed by atoms with Crippen LogP contribution in [0.3, 0.4) is 0 Å². The maximum atomic E-state index is 13.0. The molecule has 0 aromatic heterocycles. The summed E-state index contributed by atoms with van der Waals surface area (Å²) in [6.45, 7) is 0.333. The van der Waals surface area contributed by atoms with Crippen LogP contribution in [0.25, 0.3) is 0 Å². The minimum absolute atomic E-state index is 0.246. The van der Waals surface area contributed by atoms with Gasteiger partial charge in [-0.15, -0.1) is 0 Å². The van der Waals surface area contributed by atoms with Crippen LogP contribution >= 0.6 is 0 Å². The number of methoxy groups -OCH3 is 1. The van der Waals surface area contributed by atoms with Crippen LogP contribution in [0.5, 0.6) is 0 Å². The number of nitrogens with two attached hydrogens (primary N) is 1. The van der Waals surface area contributed by atoms with Gasteiger partial charge in [-0.05, 0) is 24.1 Å². The average molecular weight is 251 g/mol. The molecule has 2 nitrogen and oxygen atoms in total. The van der Waals surface area contributed by atoms with Crippen molar-refractivity contribution in [3.63, 3.8) is 0 Å². The van der Waals surface area contributed by atoms with Crippen LogP contribution in [0, 0.1) is 5.82 Å². The molecule has 1 rings (SSSR count). The second kappa shape index (κ2) is 5.46. The van der Waals surface area contributed by atoms with Gasteiger partial charge in [0.05, 0.1) is 5.56 Å². The molecule has 0 aliphatic heterocycles. The summed E-state index contributed by atoms with van der Waals surface area (Å²) in [5.74, 6) is -1.29. The third kappa shape index (κ3) is 3.67. The highest BCUT2D eigenvalue weighted by atomic mass is 19.4. The highest BCUT2D eigenvalue weighted by molar-refractivity contribution is 5.29. The lowest BCUT2D eigenvalue weighted by Gasteiger charge is -2.14. The maximum Gasteiger partial charge on any atom is 0.419 e. The molecule has 1 unspecified atom stereocenters. The Labute approximate surface area is 96.4 Å². The SMILES string of the molecule is COCCC(N)c1ccc(F)c(C(F)(F)F)c1. The number of hydrogen-bond donors (Lipinski definition) is 1. The second-order valence-electron chi connectivity index (χ2n) is 3.63. The lowest BCUT2D eigenvalue weighted by Crippen LogP contribution is -2.15. The van der Waals surface area contributed by atoms with E-state index in [9.17, 15) is 17.6 Å². The summed E-state index contributed by atoms with van der Waals surface area (Å²) in [7, 11) is 1.47. The summed E-state index contributed by atoms with van der Waals surface area (Å²) in [5.41, 5.74) is 4.63. The fourth-order valence-corrected chi connectivity index (χ4v) is 1.40. The van der Waals surface area contributed by atoms with E-state index in [-0.39, 0.29) is 5.56 Å². The van der Waals surface area contributed by atoms with E-state index in [1.54, 1.807) is 0 Å². The molecule has 0 saturated heterocycles. The van der Waals surface area contributed by atoms with E-state index >= 15 is 0 Å². The quantitative estimate of drug-likeness (QED) is 0.835. The highest BCUT2D eigenvalue weighted by Gasteiger charge is 2.34. The van der Waals surface area contributed by atoms with Crippen LogP contribution < -0.4 is 5.73 Å². The topological polar surface area (TPSA) is 35.2 Å². The summed E-state index contributed by atoms with van der Waals surface area (Å²) in [6.07, 6.45) is -4.33. The van der Waals surface area contributed by atoms with Gasteiger partial charge in [0, 0.05) is 19.8 Å². The smallest absolute Gasteiger partial charge is 0.385 e. The molecule has 17 heavy (non-hydrogen) atoms. The van der Waals surface area contributed by atoms with E-state index < -0.39 is 23.6 Å². The van der Waals surface area contributed by atoms with Crippen LogP contribution in [0.15, 0.2) is 18.2 Å². The first-order valence-electron chi connectivity index (χ1n) is 4.97. The molecular weight excluding hydrogens is 238 g/mol. The van der Waals surface area contributed by atoms with E-state index in [2.05, 4.69) is 0 Å². The van der Waals surface area contributed by atoms with Crippen molar-refractivity contribution in [1.29, 1.82) is 0 Å². The lowest BCUT2D eigenvalue weighted by atomic mass is 10.0. The van der Waals surface area contributed by atoms with Gasteiger partial charge in [-0.1, -0.05) is 6.07 Å². The van der Waals surface area contributed by atoms with Crippen molar-refractivity contribution in [2.45, 2.75) is 18.6 Å². The van der Waals surface area contributed by atoms with E-state index in [0.29, 0.717) is 13.0 Å². The Balaban J connectivity index is 2.96. The third-order valence-corrected chi connectivity index (χ3v) is 2.36. The third-order valence-electron chi connectivity index (χ3n) is 2.36. The zero-order chi connectivity index (χ0) is 13.1. The number of alkyl halides is 3. The van der Waals surface area contributed by atoms with Gasteiger partial charge in [-0.3, -0.25) is 0 Å². The molecule has 0 bridgehead atoms. The van der Waals surface area contributed by atoms with Crippen LogP contribution in [-0.4, -0.2) is 13.7 Å². The van der Waals surface area contributed by atoms with Gasteiger partial charge in [0.2, 0.25) is 0 Å². The monoisotopic (exact) mass is 251 g/mol. The van der Waals surface area contributed by atoms with Crippen molar-refractivity contribution in [2.24, 2.45) is 5.73 Å². The summed E-state index contributed by atoms with van der Waals surface area (Å²) in [6, 6.07) is 2.18. The highest BCUT2D eigenvalue weighted by Crippen LogP contribution is 2.33. The van der Waals surface area contributed by atoms with E-state index in [1.807, 2.05) is 0 Å². The number of benzene rings is 1. The molecule has 0 aliphatic carbocycles. The number of ether oxygens (including phenoxy) is 1. The Kier molecular flexibility index (Phi) is 4.47. The first-order chi connectivity index (χ1) is 7.86. The zero-order valence-electron chi connectivity index (χ0n) is 9.22. The molecule has 0 fully saturated rings. The van der Waals surface area contributed by atoms with Crippen LogP contribution in [0.1, 0.15) is 23.6 Å². The molecule has 96 valence electrons. The maximum absolute atomic E-state index is 13.0. The Morgan fingerprint density at radius 2 is 2.00 bits per heavy atom. The minimum atomic E-state index is -4.71. The molecule has 1 aromatic carbocycles. The largest absolute Gasteiger partial charge is 0.419 e. The Bertz CT molecular complexity index is 378. The van der Waals surface area contributed by atoms with Crippen LogP contribution in [0.2, 0.25) is 0 Å². The summed E-state index contributed by atoms with van der Waals surface area (Å²) >= 11 is 0. The second-order valence-corrected chi connectivity index (χ2v) is 3.63. The van der Waals surface area contributed by atoms with Crippen LogP contribution in [0.4, 0.5) is 17.6 Å². The number of rotatable bonds is 4. The normalized spacial score (nSPS) is 13.8. The summed E-state index contributed by atoms with van der Waals surface area (Å²) in [5, 5.41) is 0. The molecule has 0 amide bonds. The lowest BCUT2D eigenvalue weighted by molar-refractivity contribution is -0.140. The molecule has 2 N–H and O–H groups in total. The van der Waals surface area contributed by atoms with Crippen molar-refractivity contribution in [1.82, 2.24) is 0 Å². The van der Waals surface area contributed by atoms with Gasteiger partial charge in [0.15, 0.2) is 0 Å². The molecule has 6 heteroatoms. The summed E-state index contributed by atoms with van der Waals surface area (Å²) in [4.78, 5) is 0. The minimum Gasteiger partial charge on any atom is -0.385 e. The fourth-order valence-electron chi connectivity index (χ4n) is 1.40. The molecule has 0 spiro atoms. The predicted molar refractivity (Wildman–Crippen MR) is 54.8 cm³/mol. The number of hydrogen-bond acceptors (Lipinski definition) is 2. The molecule has 1 atom stereocenters. The summed E-state index contributed by atoms with van der Waals surface area (Å²) < 4.78 is 55.1. The predicted octanol–water partition coefficient (Wildman–Crippen LogP) is 2.88. The molecule has 0 saturated carbocycles. The van der Waals surface area contributed by atoms with Gasteiger partial charge in [-0.2, -0.15) is 13.2 Å². The Morgan fingerprint density at radius 1 is 1.35 bits per heavy atom. The van der Waals surface area contributed by atoms with Crippen molar-refractivity contribution < 1.29 is 22.3 Å². The fraction of sp³-hybridized carbons (Fsp3) is 0.455. The van der Waals surface area contributed by atoms with Crippen molar-refractivity contribution in [2.75, 3.05) is 13.7 Å². The first kappa shape index (κ1) is 13.9. The average Bonchev–Trinajstić information content (AvgIpc) is 2.25. The van der Waals surface area contributed by atoms with Gasteiger partial charge < -0.3 is 10.5 Å². The molecular formula is C11H13F4NO. The molecule has 0 radical (unpaired) electrons. The van der Waals surface area contributed by atoms with Crippen molar-refractivity contribution >= 4 is 0 Å². The van der Waals surface area contributed by atoms with Gasteiger partial charge >= 0.3 is 6.18 Å². The standard InChI is InChI=1S/C11H13F4NO/c1-17-5-4-10(16)7-2-3-9(12)8(6-7)11(13,14)15/h2-3,6,10H,4-5,16H2,1H3. The van der Waals surface area contributed by atoms with Crippen molar-refractivity contribution in [3.8, 4) is 0 Å². The van der Waals surface area contributed by atoms with E-state index in [4.69, 9.17) is 10.5 Å². The Morgan fingerprint density at radius 3 is 2.53 bits per heavy atom. The van der Waals surface area contributed by atoms with E-state index in [1.165, 1.54) is 13.2 Å². The first-order valence-corrected chi connectivity index (χ1v) is 4.97. The van der Waals surface area contributed by atoms with Gasteiger partial charge in [-0.25, -0.2) is 4.39 Å². The molecule has 1 aromatic rings. The molecule has 0 aliphatic rings. The Hall–Kier alpha value is -1.14. The van der Waals surface area contributed by atoms with Gasteiger partial charge in [0.25, 0.3) is 0 Å².